The molecular weight excluding hydrogens is 244 g/mol. The SMILES string of the molecule is O=C(O)c1ccc(Cc2ccc(C(=O)O)s2)o1. The Hall–Kier alpha value is -2.08. The number of aromatic carboxylic acids is 2. The first-order valence-corrected chi connectivity index (χ1v) is 5.52. The van der Waals surface area contributed by atoms with Crippen LogP contribution in [-0.2, 0) is 6.42 Å². The normalized spacial score (nSPS) is 10.4. The second kappa shape index (κ2) is 4.42. The molecule has 6 heteroatoms. The number of furan rings is 1. The molecule has 0 amide bonds. The minimum Gasteiger partial charge on any atom is -0.477 e. The summed E-state index contributed by atoms with van der Waals surface area (Å²) in [6.45, 7) is 0. The fourth-order valence-electron chi connectivity index (χ4n) is 1.35. The van der Waals surface area contributed by atoms with Gasteiger partial charge in [0.25, 0.3) is 0 Å². The Labute approximate surface area is 99.9 Å². The highest BCUT2D eigenvalue weighted by Crippen LogP contribution is 2.21. The summed E-state index contributed by atoms with van der Waals surface area (Å²) in [4.78, 5) is 22.3. The molecule has 0 aliphatic rings. The van der Waals surface area contributed by atoms with Gasteiger partial charge in [-0.05, 0) is 24.3 Å². The van der Waals surface area contributed by atoms with Crippen molar-refractivity contribution in [3.05, 3.63) is 45.5 Å². The van der Waals surface area contributed by atoms with E-state index in [0.29, 0.717) is 12.2 Å². The van der Waals surface area contributed by atoms with Gasteiger partial charge in [-0.2, -0.15) is 0 Å². The van der Waals surface area contributed by atoms with E-state index >= 15 is 0 Å². The standard InChI is InChI=1S/C11H8O5S/c12-10(13)8-3-1-6(16-8)5-7-2-4-9(17-7)11(14)15/h1-4H,5H2,(H,12,13)(H,14,15). The van der Waals surface area contributed by atoms with Gasteiger partial charge in [0.2, 0.25) is 5.76 Å². The second-order valence-electron chi connectivity index (χ2n) is 3.32. The number of rotatable bonds is 4. The number of carboxylic acid groups (broad SMARTS) is 2. The highest BCUT2D eigenvalue weighted by molar-refractivity contribution is 7.13. The summed E-state index contributed by atoms with van der Waals surface area (Å²) in [5.41, 5.74) is 0. The van der Waals surface area contributed by atoms with Crippen LogP contribution >= 0.6 is 11.3 Å². The summed E-state index contributed by atoms with van der Waals surface area (Å²) >= 11 is 1.15. The lowest BCUT2D eigenvalue weighted by Crippen LogP contribution is -1.92. The van der Waals surface area contributed by atoms with E-state index in [1.165, 1.54) is 12.1 Å². The van der Waals surface area contributed by atoms with Crippen molar-refractivity contribution in [2.45, 2.75) is 6.42 Å². The van der Waals surface area contributed by atoms with Crippen molar-refractivity contribution in [3.63, 3.8) is 0 Å². The van der Waals surface area contributed by atoms with Gasteiger partial charge < -0.3 is 14.6 Å². The van der Waals surface area contributed by atoms with Crippen LogP contribution in [0.2, 0.25) is 0 Å². The third kappa shape index (κ3) is 2.54. The molecule has 2 aromatic rings. The molecule has 0 saturated heterocycles. The molecule has 2 N–H and O–H groups in total. The Bertz CT molecular complexity index is 516. The minimum absolute atomic E-state index is 0.116. The zero-order valence-corrected chi connectivity index (χ0v) is 9.36. The molecular formula is C11H8O5S. The minimum atomic E-state index is -1.12. The van der Waals surface area contributed by atoms with E-state index in [4.69, 9.17) is 14.6 Å². The van der Waals surface area contributed by atoms with Crippen molar-refractivity contribution >= 4 is 23.3 Å². The molecule has 17 heavy (non-hydrogen) atoms. The van der Waals surface area contributed by atoms with Crippen molar-refractivity contribution in [2.75, 3.05) is 0 Å². The molecule has 0 aromatic carbocycles. The molecule has 2 rings (SSSR count). The molecule has 88 valence electrons. The Balaban J connectivity index is 2.13. The van der Waals surface area contributed by atoms with E-state index in [9.17, 15) is 9.59 Å². The van der Waals surface area contributed by atoms with Crippen LogP contribution in [0.25, 0.3) is 0 Å². The zero-order chi connectivity index (χ0) is 12.4. The largest absolute Gasteiger partial charge is 0.477 e. The van der Waals surface area contributed by atoms with E-state index in [-0.39, 0.29) is 10.6 Å². The third-order valence-electron chi connectivity index (χ3n) is 2.09. The van der Waals surface area contributed by atoms with Gasteiger partial charge in [0.15, 0.2) is 0 Å². The predicted molar refractivity (Wildman–Crippen MR) is 59.8 cm³/mol. The number of hydrogen-bond acceptors (Lipinski definition) is 4. The van der Waals surface area contributed by atoms with Crippen LogP contribution in [0.5, 0.6) is 0 Å². The Morgan fingerprint density at radius 2 is 1.88 bits per heavy atom. The maximum Gasteiger partial charge on any atom is 0.371 e. The van der Waals surface area contributed by atoms with Crippen molar-refractivity contribution in [2.24, 2.45) is 0 Å². The average Bonchev–Trinajstić information content (AvgIpc) is 2.87. The summed E-state index contributed by atoms with van der Waals surface area (Å²) in [6.07, 6.45) is 0.394. The van der Waals surface area contributed by atoms with E-state index < -0.39 is 11.9 Å². The van der Waals surface area contributed by atoms with E-state index in [2.05, 4.69) is 0 Å². The maximum atomic E-state index is 10.7. The fourth-order valence-corrected chi connectivity index (χ4v) is 2.20. The molecule has 0 bridgehead atoms. The molecule has 0 aliphatic heterocycles. The Morgan fingerprint density at radius 1 is 1.12 bits per heavy atom. The lowest BCUT2D eigenvalue weighted by Gasteiger charge is -1.92. The van der Waals surface area contributed by atoms with Crippen LogP contribution in [0.3, 0.4) is 0 Å². The first kappa shape index (κ1) is 11.4. The van der Waals surface area contributed by atoms with Crippen molar-refractivity contribution in [1.29, 1.82) is 0 Å². The highest BCUT2D eigenvalue weighted by Gasteiger charge is 2.11. The van der Waals surface area contributed by atoms with Crippen LogP contribution < -0.4 is 0 Å². The van der Waals surface area contributed by atoms with Gasteiger partial charge in [0, 0.05) is 11.3 Å². The molecule has 5 nitrogen and oxygen atoms in total. The summed E-state index contributed by atoms with van der Waals surface area (Å²) in [7, 11) is 0. The van der Waals surface area contributed by atoms with E-state index in [1.54, 1.807) is 12.1 Å². The van der Waals surface area contributed by atoms with Crippen LogP contribution in [0.1, 0.15) is 30.9 Å². The number of carboxylic acids is 2. The van der Waals surface area contributed by atoms with Crippen molar-refractivity contribution in [3.8, 4) is 0 Å². The lowest BCUT2D eigenvalue weighted by atomic mass is 10.3. The number of thiophene rings is 1. The fraction of sp³-hybridized carbons (Fsp3) is 0.0909. The topological polar surface area (TPSA) is 87.7 Å². The first-order chi connectivity index (χ1) is 8.06. The molecule has 0 saturated carbocycles. The van der Waals surface area contributed by atoms with E-state index in [1.807, 2.05) is 0 Å². The molecule has 0 unspecified atom stereocenters. The first-order valence-electron chi connectivity index (χ1n) is 4.70. The highest BCUT2D eigenvalue weighted by atomic mass is 32.1. The van der Waals surface area contributed by atoms with Crippen LogP contribution in [0.4, 0.5) is 0 Å². The zero-order valence-electron chi connectivity index (χ0n) is 8.54. The smallest absolute Gasteiger partial charge is 0.371 e. The van der Waals surface area contributed by atoms with Gasteiger partial charge >= 0.3 is 11.9 Å². The quantitative estimate of drug-likeness (QED) is 0.871. The maximum absolute atomic E-state index is 10.7. The molecule has 0 spiro atoms. The monoisotopic (exact) mass is 252 g/mol. The van der Waals surface area contributed by atoms with Crippen molar-refractivity contribution < 1.29 is 24.2 Å². The summed E-state index contributed by atoms with van der Waals surface area (Å²) in [6, 6.07) is 6.16. The summed E-state index contributed by atoms with van der Waals surface area (Å²) in [5, 5.41) is 17.4. The molecule has 0 aliphatic carbocycles. The van der Waals surface area contributed by atoms with Gasteiger partial charge in [-0.3, -0.25) is 0 Å². The molecule has 0 fully saturated rings. The van der Waals surface area contributed by atoms with Gasteiger partial charge in [0.05, 0.1) is 0 Å². The van der Waals surface area contributed by atoms with Crippen LogP contribution in [-0.4, -0.2) is 22.2 Å². The van der Waals surface area contributed by atoms with Crippen molar-refractivity contribution in [1.82, 2.24) is 0 Å². The van der Waals surface area contributed by atoms with Gasteiger partial charge in [-0.25, -0.2) is 9.59 Å². The molecule has 0 radical (unpaired) electrons. The molecule has 2 aromatic heterocycles. The van der Waals surface area contributed by atoms with Crippen LogP contribution in [0.15, 0.2) is 28.7 Å². The lowest BCUT2D eigenvalue weighted by molar-refractivity contribution is 0.0658. The van der Waals surface area contributed by atoms with E-state index in [0.717, 1.165) is 16.2 Å². The van der Waals surface area contributed by atoms with Gasteiger partial charge in [0.1, 0.15) is 10.6 Å². The summed E-state index contributed by atoms with van der Waals surface area (Å²) in [5.74, 6) is -1.70. The van der Waals surface area contributed by atoms with Crippen LogP contribution in [0, 0.1) is 0 Å². The van der Waals surface area contributed by atoms with Gasteiger partial charge in [-0.1, -0.05) is 0 Å². The Morgan fingerprint density at radius 3 is 2.41 bits per heavy atom. The third-order valence-corrected chi connectivity index (χ3v) is 3.17. The average molecular weight is 252 g/mol. The summed E-state index contributed by atoms with van der Waals surface area (Å²) < 4.78 is 5.08. The Kier molecular flexibility index (Phi) is 2.97. The number of carbonyl (C=O) groups is 2. The molecule has 0 atom stereocenters. The van der Waals surface area contributed by atoms with Gasteiger partial charge in [-0.15, -0.1) is 11.3 Å². The number of hydrogen-bond donors (Lipinski definition) is 2. The molecule has 2 heterocycles. The predicted octanol–water partition coefficient (Wildman–Crippen LogP) is 2.33. The second-order valence-corrected chi connectivity index (χ2v) is 4.49.